The minimum atomic E-state index is -1.17. The largest absolute Gasteiger partial charge is 0.476 e. The number of piperidine rings is 1. The fourth-order valence-electron chi connectivity index (χ4n) is 5.44. The fraction of sp³-hybridized carbons (Fsp3) is 0.345. The second-order valence-electron chi connectivity index (χ2n) is 10.5. The van der Waals surface area contributed by atoms with Crippen LogP contribution < -0.4 is 20.7 Å². The van der Waals surface area contributed by atoms with Gasteiger partial charge >= 0.3 is 0 Å². The molecule has 3 heterocycles. The van der Waals surface area contributed by atoms with Crippen LogP contribution in [0.5, 0.6) is 5.75 Å². The summed E-state index contributed by atoms with van der Waals surface area (Å²) in [5.41, 5.74) is 6.18. The average Bonchev–Trinajstić information content (AvgIpc) is 3.15. The van der Waals surface area contributed by atoms with E-state index in [4.69, 9.17) is 22.1 Å². The third-order valence-electron chi connectivity index (χ3n) is 7.39. The summed E-state index contributed by atoms with van der Waals surface area (Å²) in [5, 5.41) is 3.58. The number of ether oxygens (including phenoxy) is 1. The van der Waals surface area contributed by atoms with Crippen LogP contribution in [0.2, 0.25) is 5.02 Å². The zero-order chi connectivity index (χ0) is 27.0. The molecule has 9 heteroatoms. The number of benzene rings is 2. The number of halogens is 2. The van der Waals surface area contributed by atoms with Crippen molar-refractivity contribution >= 4 is 29.2 Å². The normalized spacial score (nSPS) is 20.7. The first-order valence-corrected chi connectivity index (χ1v) is 13.1. The summed E-state index contributed by atoms with van der Waals surface area (Å²) >= 11 is 6.41. The molecule has 2 saturated heterocycles. The number of carbonyl (C=O) groups is 2. The lowest BCUT2D eigenvalue weighted by atomic mass is 9.96. The van der Waals surface area contributed by atoms with Crippen LogP contribution in [0.1, 0.15) is 49.9 Å². The molecule has 5 rings (SSSR count). The third-order valence-corrected chi connectivity index (χ3v) is 7.70. The quantitative estimate of drug-likeness (QED) is 0.437. The van der Waals surface area contributed by atoms with Gasteiger partial charge in [0.2, 0.25) is 5.91 Å². The molecular formula is C29H30ClFN4O3. The number of fused-ring (bicyclic) bond motifs is 2. The Kier molecular flexibility index (Phi) is 7.01. The van der Waals surface area contributed by atoms with Crippen LogP contribution >= 0.6 is 11.6 Å². The summed E-state index contributed by atoms with van der Waals surface area (Å²) in [4.78, 5) is 31.5. The SMILES string of the molecule is CC(C)(Oc1cc(-c2ccc(F)cc2)ccc1Cl)C(=O)NC1C[C@H]2CC[C@@H](C1)N2c1ccc(C(N)=O)cn1. The first-order valence-electron chi connectivity index (χ1n) is 12.7. The fourth-order valence-corrected chi connectivity index (χ4v) is 5.59. The number of amides is 2. The van der Waals surface area contributed by atoms with Crippen molar-refractivity contribution < 1.29 is 18.7 Å². The van der Waals surface area contributed by atoms with Crippen LogP contribution in [0.15, 0.2) is 60.8 Å². The zero-order valence-electron chi connectivity index (χ0n) is 21.3. The Morgan fingerprint density at radius 3 is 2.32 bits per heavy atom. The van der Waals surface area contributed by atoms with Crippen molar-refractivity contribution in [1.82, 2.24) is 10.3 Å². The van der Waals surface area contributed by atoms with Crippen molar-refractivity contribution in [2.45, 2.75) is 63.3 Å². The van der Waals surface area contributed by atoms with Gasteiger partial charge in [0.15, 0.2) is 5.60 Å². The van der Waals surface area contributed by atoms with Crippen LogP contribution in [-0.4, -0.2) is 40.5 Å². The second-order valence-corrected chi connectivity index (χ2v) is 10.9. The highest BCUT2D eigenvalue weighted by atomic mass is 35.5. The van der Waals surface area contributed by atoms with E-state index in [2.05, 4.69) is 15.2 Å². The van der Waals surface area contributed by atoms with E-state index in [-0.39, 0.29) is 29.8 Å². The van der Waals surface area contributed by atoms with Gasteiger partial charge in [0, 0.05) is 24.3 Å². The number of anilines is 1. The van der Waals surface area contributed by atoms with Gasteiger partial charge in [-0.1, -0.05) is 29.8 Å². The predicted molar refractivity (Wildman–Crippen MR) is 145 cm³/mol. The summed E-state index contributed by atoms with van der Waals surface area (Å²) in [7, 11) is 0. The maximum atomic E-state index is 13.3. The highest BCUT2D eigenvalue weighted by molar-refractivity contribution is 6.32. The van der Waals surface area contributed by atoms with Crippen LogP contribution in [0.4, 0.5) is 10.2 Å². The maximum Gasteiger partial charge on any atom is 0.263 e. The van der Waals surface area contributed by atoms with E-state index in [9.17, 15) is 14.0 Å². The molecule has 7 nitrogen and oxygen atoms in total. The van der Waals surface area contributed by atoms with Gasteiger partial charge in [0.25, 0.3) is 5.91 Å². The molecule has 2 amide bonds. The van der Waals surface area contributed by atoms with E-state index in [1.165, 1.54) is 18.3 Å². The summed E-state index contributed by atoms with van der Waals surface area (Å²) in [5.74, 6) is 0.179. The summed E-state index contributed by atoms with van der Waals surface area (Å²) in [6.07, 6.45) is 5.13. The topological polar surface area (TPSA) is 97.5 Å². The van der Waals surface area contributed by atoms with Crippen molar-refractivity contribution in [3.8, 4) is 16.9 Å². The first-order chi connectivity index (χ1) is 18.1. The lowest BCUT2D eigenvalue weighted by molar-refractivity contribution is -0.135. The number of rotatable bonds is 7. The molecule has 2 fully saturated rings. The minimum Gasteiger partial charge on any atom is -0.476 e. The predicted octanol–water partition coefficient (Wildman–Crippen LogP) is 5.11. The Balaban J connectivity index is 1.24. The van der Waals surface area contributed by atoms with E-state index in [0.29, 0.717) is 16.3 Å². The van der Waals surface area contributed by atoms with Crippen molar-refractivity contribution in [1.29, 1.82) is 0 Å². The number of nitrogens with two attached hydrogens (primary N) is 1. The molecule has 198 valence electrons. The molecule has 0 spiro atoms. The highest BCUT2D eigenvalue weighted by Gasteiger charge is 2.43. The van der Waals surface area contributed by atoms with Gasteiger partial charge in [-0.15, -0.1) is 0 Å². The van der Waals surface area contributed by atoms with Crippen LogP contribution in [-0.2, 0) is 4.79 Å². The monoisotopic (exact) mass is 536 g/mol. The first kappa shape index (κ1) is 26.0. The van der Waals surface area contributed by atoms with Gasteiger partial charge in [0.1, 0.15) is 17.4 Å². The van der Waals surface area contributed by atoms with Crippen LogP contribution in [0.25, 0.3) is 11.1 Å². The Labute approximate surface area is 226 Å². The summed E-state index contributed by atoms with van der Waals surface area (Å²) < 4.78 is 19.5. The number of primary amides is 1. The molecule has 1 aromatic heterocycles. The van der Waals surface area contributed by atoms with Crippen LogP contribution in [0.3, 0.4) is 0 Å². The molecule has 3 atom stereocenters. The lowest BCUT2D eigenvalue weighted by Crippen LogP contribution is -2.55. The minimum absolute atomic E-state index is 0.00467. The van der Waals surface area contributed by atoms with Crippen molar-refractivity contribution in [3.05, 3.63) is 77.2 Å². The van der Waals surface area contributed by atoms with Crippen molar-refractivity contribution in [2.24, 2.45) is 5.73 Å². The van der Waals surface area contributed by atoms with Crippen LogP contribution in [0, 0.1) is 5.82 Å². The molecule has 2 aliphatic heterocycles. The number of aromatic nitrogens is 1. The Morgan fingerprint density at radius 2 is 1.71 bits per heavy atom. The third kappa shape index (κ3) is 5.31. The summed E-state index contributed by atoms with van der Waals surface area (Å²) in [6, 6.07) is 15.5. The molecule has 2 aliphatic rings. The lowest BCUT2D eigenvalue weighted by Gasteiger charge is -2.40. The Hall–Kier alpha value is -3.65. The number of hydrogen-bond acceptors (Lipinski definition) is 5. The van der Waals surface area contributed by atoms with E-state index in [1.54, 1.807) is 44.2 Å². The van der Waals surface area contributed by atoms with Crippen molar-refractivity contribution in [3.63, 3.8) is 0 Å². The standard InChI is InChI=1S/C29H30ClFN4O3/c1-29(2,38-25-13-18(5-11-24(25)30)17-3-7-20(31)8-4-17)28(37)34-21-14-22-9-10-23(15-21)35(22)26-12-6-19(16-33-26)27(32)36/h3-8,11-13,16,21-23H,9-10,14-15H2,1-2H3,(H2,32,36)(H,34,37)/t21?,22-,23+. The molecule has 3 N–H and O–H groups in total. The van der Waals surface area contributed by atoms with E-state index >= 15 is 0 Å². The molecule has 38 heavy (non-hydrogen) atoms. The smallest absolute Gasteiger partial charge is 0.263 e. The molecule has 0 saturated carbocycles. The Morgan fingerprint density at radius 1 is 1.05 bits per heavy atom. The maximum absolute atomic E-state index is 13.3. The molecule has 0 radical (unpaired) electrons. The van der Waals surface area contributed by atoms with Crippen molar-refractivity contribution in [2.75, 3.05) is 4.90 Å². The van der Waals surface area contributed by atoms with E-state index < -0.39 is 11.5 Å². The molecule has 2 bridgehead atoms. The van der Waals surface area contributed by atoms with Gasteiger partial charge in [-0.25, -0.2) is 9.37 Å². The van der Waals surface area contributed by atoms with Gasteiger partial charge in [-0.05, 0) is 87.1 Å². The molecule has 0 aliphatic carbocycles. The Bertz CT molecular complexity index is 1330. The number of nitrogens with zero attached hydrogens (tertiary/aromatic N) is 2. The molecule has 1 unspecified atom stereocenters. The molecule has 2 aromatic carbocycles. The molecular weight excluding hydrogens is 507 g/mol. The summed E-state index contributed by atoms with van der Waals surface area (Å²) in [6.45, 7) is 3.44. The highest BCUT2D eigenvalue weighted by Crippen LogP contribution is 2.39. The van der Waals surface area contributed by atoms with Gasteiger partial charge < -0.3 is 20.7 Å². The number of hydrogen-bond donors (Lipinski definition) is 2. The average molecular weight is 537 g/mol. The number of nitrogens with one attached hydrogen (secondary N) is 1. The van der Waals surface area contributed by atoms with E-state index in [0.717, 1.165) is 42.6 Å². The zero-order valence-corrected chi connectivity index (χ0v) is 22.0. The van der Waals surface area contributed by atoms with E-state index in [1.807, 2.05) is 12.1 Å². The number of pyridine rings is 1. The second kappa shape index (κ2) is 10.3. The molecule has 3 aromatic rings. The van der Waals surface area contributed by atoms with Gasteiger partial charge in [-0.3, -0.25) is 9.59 Å². The van der Waals surface area contributed by atoms with Gasteiger partial charge in [0.05, 0.1) is 10.6 Å². The van der Waals surface area contributed by atoms with Gasteiger partial charge in [-0.2, -0.15) is 0 Å². The number of carbonyl (C=O) groups excluding carboxylic acids is 2.